The Morgan fingerprint density at radius 1 is 1.17 bits per heavy atom. The lowest BCUT2D eigenvalue weighted by Gasteiger charge is -2.23. The van der Waals surface area contributed by atoms with Crippen LogP contribution in [-0.2, 0) is 11.3 Å². The van der Waals surface area contributed by atoms with Crippen LogP contribution < -0.4 is 11.1 Å². The molecule has 3 N–H and O–H groups in total. The molecule has 1 heterocycles. The summed E-state index contributed by atoms with van der Waals surface area (Å²) in [7, 11) is 0. The lowest BCUT2D eigenvalue weighted by atomic mass is 9.94. The number of aryl methyl sites for hydroxylation is 1. The van der Waals surface area contributed by atoms with E-state index in [1.54, 1.807) is 0 Å². The highest BCUT2D eigenvalue weighted by Gasteiger charge is 2.30. The van der Waals surface area contributed by atoms with Crippen LogP contribution in [0.15, 0.2) is 6.07 Å². The van der Waals surface area contributed by atoms with E-state index < -0.39 is 0 Å². The van der Waals surface area contributed by atoms with Crippen molar-refractivity contribution < 1.29 is 9.59 Å². The number of amides is 2. The van der Waals surface area contributed by atoms with Crippen LogP contribution in [0.4, 0.5) is 0 Å². The first-order chi connectivity index (χ1) is 11.5. The van der Waals surface area contributed by atoms with Crippen molar-refractivity contribution in [2.24, 2.45) is 17.6 Å². The number of rotatable bonds is 5. The number of hydrogen-bond acceptors (Lipinski definition) is 2. The van der Waals surface area contributed by atoms with Crippen molar-refractivity contribution in [2.75, 3.05) is 0 Å². The Labute approximate surface area is 144 Å². The molecule has 0 unspecified atom stereocenters. The zero-order chi connectivity index (χ0) is 17.3. The van der Waals surface area contributed by atoms with Crippen LogP contribution >= 0.6 is 0 Å². The van der Waals surface area contributed by atoms with Gasteiger partial charge in [0.15, 0.2) is 0 Å². The molecule has 0 radical (unpaired) electrons. The van der Waals surface area contributed by atoms with Gasteiger partial charge in [-0.2, -0.15) is 0 Å². The normalized spacial score (nSPS) is 24.4. The highest BCUT2D eigenvalue weighted by molar-refractivity contribution is 5.96. The molecule has 2 aliphatic carbocycles. The highest BCUT2D eigenvalue weighted by Crippen LogP contribution is 2.32. The maximum Gasteiger partial charge on any atom is 0.253 e. The quantitative estimate of drug-likeness (QED) is 0.814. The molecular weight excluding hydrogens is 302 g/mol. The zero-order valence-corrected chi connectivity index (χ0v) is 14.8. The van der Waals surface area contributed by atoms with Gasteiger partial charge < -0.3 is 15.6 Å². The number of primary amides is 1. The van der Waals surface area contributed by atoms with Crippen molar-refractivity contribution in [1.29, 1.82) is 0 Å². The number of carbonyl (C=O) groups excluding carboxylic acids is 2. The van der Waals surface area contributed by atoms with Gasteiger partial charge in [-0.05, 0) is 51.5 Å². The highest BCUT2D eigenvalue weighted by atomic mass is 16.2. The Morgan fingerprint density at radius 2 is 1.88 bits per heavy atom. The van der Waals surface area contributed by atoms with Gasteiger partial charge in [0.05, 0.1) is 11.5 Å². The molecule has 0 bridgehead atoms. The van der Waals surface area contributed by atoms with Crippen LogP contribution in [0, 0.1) is 25.7 Å². The maximum atomic E-state index is 12.8. The molecule has 2 aliphatic rings. The van der Waals surface area contributed by atoms with Crippen molar-refractivity contribution in [3.63, 3.8) is 0 Å². The lowest BCUT2D eigenvalue weighted by molar-refractivity contribution is -0.122. The predicted octanol–water partition coefficient (Wildman–Crippen LogP) is 2.68. The summed E-state index contributed by atoms with van der Waals surface area (Å²) in [6.45, 7) is 5.09. The number of aromatic nitrogens is 1. The molecule has 0 aliphatic heterocycles. The zero-order valence-electron chi connectivity index (χ0n) is 14.8. The Hall–Kier alpha value is -1.78. The van der Waals surface area contributed by atoms with Crippen LogP contribution in [0.2, 0.25) is 0 Å². The molecule has 5 heteroatoms. The molecule has 0 spiro atoms. The molecule has 2 atom stereocenters. The van der Waals surface area contributed by atoms with Crippen LogP contribution in [0.3, 0.4) is 0 Å². The van der Waals surface area contributed by atoms with Crippen molar-refractivity contribution in [3.05, 3.63) is 23.0 Å². The van der Waals surface area contributed by atoms with Crippen molar-refractivity contribution in [3.8, 4) is 0 Å². The first kappa shape index (κ1) is 17.1. The molecule has 5 nitrogen and oxygen atoms in total. The fourth-order valence-corrected chi connectivity index (χ4v) is 3.94. The van der Waals surface area contributed by atoms with Gasteiger partial charge in [0.25, 0.3) is 5.91 Å². The van der Waals surface area contributed by atoms with Crippen LogP contribution in [0.25, 0.3) is 0 Å². The second kappa shape index (κ2) is 6.99. The molecule has 1 aromatic rings. The SMILES string of the molecule is Cc1cc(C(=O)N[C@@H]2CCCCC[C@H]2C(N)=O)c(C)n1CC1CC1. The first-order valence-electron chi connectivity index (χ1n) is 9.24. The van der Waals surface area contributed by atoms with Gasteiger partial charge in [-0.15, -0.1) is 0 Å². The van der Waals surface area contributed by atoms with E-state index in [0.717, 1.165) is 61.5 Å². The molecule has 2 amide bonds. The summed E-state index contributed by atoms with van der Waals surface area (Å²) in [5.74, 6) is 0.169. The predicted molar refractivity (Wildman–Crippen MR) is 93.7 cm³/mol. The number of carbonyl (C=O) groups is 2. The third kappa shape index (κ3) is 3.65. The summed E-state index contributed by atoms with van der Waals surface area (Å²) in [4.78, 5) is 24.6. The fourth-order valence-electron chi connectivity index (χ4n) is 3.94. The average molecular weight is 331 g/mol. The molecule has 0 aromatic carbocycles. The second-order valence-corrected chi connectivity index (χ2v) is 7.57. The van der Waals surface area contributed by atoms with E-state index in [0.29, 0.717) is 0 Å². The van der Waals surface area contributed by atoms with E-state index >= 15 is 0 Å². The molecule has 0 saturated heterocycles. The number of nitrogens with one attached hydrogen (secondary N) is 1. The molecule has 1 aromatic heterocycles. The minimum Gasteiger partial charge on any atom is -0.369 e. The van der Waals surface area contributed by atoms with Crippen LogP contribution in [0.5, 0.6) is 0 Å². The molecule has 24 heavy (non-hydrogen) atoms. The van der Waals surface area contributed by atoms with Crippen LogP contribution in [-0.4, -0.2) is 22.4 Å². The number of hydrogen-bond donors (Lipinski definition) is 2. The van der Waals surface area contributed by atoms with E-state index in [-0.39, 0.29) is 23.8 Å². The van der Waals surface area contributed by atoms with Gasteiger partial charge in [-0.25, -0.2) is 0 Å². The van der Waals surface area contributed by atoms with E-state index in [2.05, 4.69) is 16.8 Å². The van der Waals surface area contributed by atoms with Crippen molar-refractivity contribution in [2.45, 2.75) is 71.4 Å². The number of nitrogens with zero attached hydrogens (tertiary/aromatic N) is 1. The Kier molecular flexibility index (Phi) is 4.97. The first-order valence-corrected chi connectivity index (χ1v) is 9.24. The molecule has 2 saturated carbocycles. The Bertz CT molecular complexity index is 631. The standard InChI is InChI=1S/C19H29N3O2/c1-12-10-16(13(2)22(12)11-14-8-9-14)19(24)21-17-7-5-3-4-6-15(17)18(20)23/h10,14-15,17H,3-9,11H2,1-2H3,(H2,20,23)(H,21,24)/t15-,17-/m1/s1. The minimum atomic E-state index is -0.290. The Balaban J connectivity index is 1.74. The van der Waals surface area contributed by atoms with Crippen LogP contribution in [0.1, 0.15) is 66.7 Å². The van der Waals surface area contributed by atoms with Gasteiger partial charge in [0, 0.05) is 24.0 Å². The topological polar surface area (TPSA) is 77.1 Å². The molecular formula is C19H29N3O2. The fraction of sp³-hybridized carbons (Fsp3) is 0.684. The average Bonchev–Trinajstić information content (AvgIpc) is 3.32. The van der Waals surface area contributed by atoms with Gasteiger partial charge in [0.1, 0.15) is 0 Å². The third-order valence-electron chi connectivity index (χ3n) is 5.65. The van der Waals surface area contributed by atoms with Gasteiger partial charge >= 0.3 is 0 Å². The summed E-state index contributed by atoms with van der Waals surface area (Å²) in [6.07, 6.45) is 7.35. The van der Waals surface area contributed by atoms with E-state index in [4.69, 9.17) is 5.73 Å². The van der Waals surface area contributed by atoms with Gasteiger partial charge in [-0.1, -0.05) is 19.3 Å². The van der Waals surface area contributed by atoms with Crippen molar-refractivity contribution >= 4 is 11.8 Å². The van der Waals surface area contributed by atoms with Gasteiger partial charge in [-0.3, -0.25) is 9.59 Å². The van der Waals surface area contributed by atoms with E-state index in [1.807, 2.05) is 13.0 Å². The lowest BCUT2D eigenvalue weighted by Crippen LogP contribution is -2.45. The van der Waals surface area contributed by atoms with Gasteiger partial charge in [0.2, 0.25) is 5.91 Å². The molecule has 132 valence electrons. The maximum absolute atomic E-state index is 12.8. The summed E-state index contributed by atoms with van der Waals surface area (Å²) < 4.78 is 2.26. The third-order valence-corrected chi connectivity index (χ3v) is 5.65. The number of nitrogens with two attached hydrogens (primary N) is 1. The second-order valence-electron chi connectivity index (χ2n) is 7.57. The Morgan fingerprint density at radius 3 is 2.54 bits per heavy atom. The minimum absolute atomic E-state index is 0.0664. The summed E-state index contributed by atoms with van der Waals surface area (Å²) in [5, 5.41) is 3.10. The monoisotopic (exact) mass is 331 g/mol. The largest absolute Gasteiger partial charge is 0.369 e. The summed E-state index contributed by atoms with van der Waals surface area (Å²) in [5.41, 5.74) is 8.47. The smallest absolute Gasteiger partial charge is 0.253 e. The molecule has 3 rings (SSSR count). The van der Waals surface area contributed by atoms with E-state index in [1.165, 1.54) is 12.8 Å². The van der Waals surface area contributed by atoms with E-state index in [9.17, 15) is 9.59 Å². The van der Waals surface area contributed by atoms with Crippen molar-refractivity contribution in [1.82, 2.24) is 9.88 Å². The summed E-state index contributed by atoms with van der Waals surface area (Å²) >= 11 is 0. The summed E-state index contributed by atoms with van der Waals surface area (Å²) in [6, 6.07) is 1.84. The molecule has 2 fully saturated rings.